The standard InChI is InChI=1S/C16H23N3O2/c1-2-18-16(21)13-6-3-7-14(10-13)19-15(20)9-12-5-4-8-17-11-12/h3,6-7,10,12,17H,2,4-5,8-9,11H2,1H3,(H,18,21)(H,19,20). The van der Waals surface area contributed by atoms with Gasteiger partial charge in [0.05, 0.1) is 0 Å². The topological polar surface area (TPSA) is 70.2 Å². The number of carbonyl (C=O) groups excluding carboxylic acids is 2. The third-order valence-electron chi connectivity index (χ3n) is 3.62. The molecule has 1 saturated heterocycles. The Balaban J connectivity index is 1.91. The lowest BCUT2D eigenvalue weighted by Crippen LogP contribution is -2.32. The maximum atomic E-state index is 12.0. The molecule has 1 aromatic rings. The van der Waals surface area contributed by atoms with Crippen LogP contribution in [0.25, 0.3) is 0 Å². The van der Waals surface area contributed by atoms with E-state index in [9.17, 15) is 9.59 Å². The van der Waals surface area contributed by atoms with Crippen molar-refractivity contribution in [3.63, 3.8) is 0 Å². The maximum absolute atomic E-state index is 12.0. The lowest BCUT2D eigenvalue weighted by atomic mass is 9.96. The van der Waals surface area contributed by atoms with Crippen LogP contribution in [0, 0.1) is 5.92 Å². The Morgan fingerprint density at radius 2 is 2.24 bits per heavy atom. The summed E-state index contributed by atoms with van der Waals surface area (Å²) in [4.78, 5) is 23.8. The van der Waals surface area contributed by atoms with Crippen LogP contribution in [-0.4, -0.2) is 31.4 Å². The van der Waals surface area contributed by atoms with Gasteiger partial charge in [-0.2, -0.15) is 0 Å². The van der Waals surface area contributed by atoms with Gasteiger partial charge in [0.1, 0.15) is 0 Å². The van der Waals surface area contributed by atoms with Gasteiger partial charge in [-0.1, -0.05) is 6.07 Å². The Kier molecular flexibility index (Phi) is 5.75. The van der Waals surface area contributed by atoms with Crippen LogP contribution in [0.5, 0.6) is 0 Å². The van der Waals surface area contributed by atoms with Crippen LogP contribution in [0.15, 0.2) is 24.3 Å². The van der Waals surface area contributed by atoms with E-state index in [0.29, 0.717) is 30.1 Å². The number of rotatable bonds is 5. The van der Waals surface area contributed by atoms with Crippen LogP contribution >= 0.6 is 0 Å². The number of benzene rings is 1. The molecule has 1 aliphatic heterocycles. The summed E-state index contributed by atoms with van der Waals surface area (Å²) >= 11 is 0. The molecule has 2 rings (SSSR count). The Bertz CT molecular complexity index is 496. The molecule has 2 amide bonds. The van der Waals surface area contributed by atoms with Crippen molar-refractivity contribution in [2.45, 2.75) is 26.2 Å². The maximum Gasteiger partial charge on any atom is 0.251 e. The molecular formula is C16H23N3O2. The van der Waals surface area contributed by atoms with E-state index in [4.69, 9.17) is 0 Å². The molecule has 1 aliphatic rings. The molecule has 3 N–H and O–H groups in total. The molecule has 5 nitrogen and oxygen atoms in total. The van der Waals surface area contributed by atoms with E-state index in [2.05, 4.69) is 16.0 Å². The highest BCUT2D eigenvalue weighted by molar-refractivity contribution is 5.97. The monoisotopic (exact) mass is 289 g/mol. The third kappa shape index (κ3) is 4.86. The predicted molar refractivity (Wildman–Crippen MR) is 83.3 cm³/mol. The van der Waals surface area contributed by atoms with Crippen molar-refractivity contribution in [3.8, 4) is 0 Å². The zero-order chi connectivity index (χ0) is 15.1. The number of piperidine rings is 1. The first-order valence-corrected chi connectivity index (χ1v) is 7.58. The fraction of sp³-hybridized carbons (Fsp3) is 0.500. The van der Waals surface area contributed by atoms with Crippen molar-refractivity contribution in [3.05, 3.63) is 29.8 Å². The molecule has 114 valence electrons. The van der Waals surface area contributed by atoms with E-state index in [1.165, 1.54) is 0 Å². The summed E-state index contributed by atoms with van der Waals surface area (Å²) in [5.41, 5.74) is 1.24. The van der Waals surface area contributed by atoms with Crippen LogP contribution in [0.2, 0.25) is 0 Å². The van der Waals surface area contributed by atoms with Crippen LogP contribution in [0.3, 0.4) is 0 Å². The van der Waals surface area contributed by atoms with Crippen LogP contribution in [-0.2, 0) is 4.79 Å². The molecule has 1 aromatic carbocycles. The van der Waals surface area contributed by atoms with Gasteiger partial charge >= 0.3 is 0 Å². The van der Waals surface area contributed by atoms with Crippen molar-refractivity contribution in [1.82, 2.24) is 10.6 Å². The summed E-state index contributed by atoms with van der Waals surface area (Å²) in [5, 5.41) is 8.94. The Labute approximate surface area is 125 Å². The minimum atomic E-state index is -0.120. The fourth-order valence-corrected chi connectivity index (χ4v) is 2.57. The number of carbonyl (C=O) groups is 2. The molecule has 1 fully saturated rings. The molecule has 0 aliphatic carbocycles. The highest BCUT2D eigenvalue weighted by Gasteiger charge is 2.17. The smallest absolute Gasteiger partial charge is 0.251 e. The average Bonchev–Trinajstić information content (AvgIpc) is 2.48. The van der Waals surface area contributed by atoms with E-state index in [1.54, 1.807) is 24.3 Å². The Morgan fingerprint density at radius 1 is 1.38 bits per heavy atom. The van der Waals surface area contributed by atoms with Crippen molar-refractivity contribution in [2.75, 3.05) is 25.0 Å². The van der Waals surface area contributed by atoms with Gasteiger partial charge in [-0.15, -0.1) is 0 Å². The molecular weight excluding hydrogens is 266 g/mol. The molecule has 0 saturated carbocycles. The third-order valence-corrected chi connectivity index (χ3v) is 3.62. The summed E-state index contributed by atoms with van der Waals surface area (Å²) in [5.74, 6) is 0.298. The van der Waals surface area contributed by atoms with Crippen molar-refractivity contribution in [1.29, 1.82) is 0 Å². The summed E-state index contributed by atoms with van der Waals surface area (Å²) in [6, 6.07) is 7.04. The molecule has 1 heterocycles. The average molecular weight is 289 g/mol. The fourth-order valence-electron chi connectivity index (χ4n) is 2.57. The Morgan fingerprint density at radius 3 is 2.95 bits per heavy atom. The van der Waals surface area contributed by atoms with Crippen molar-refractivity contribution >= 4 is 17.5 Å². The summed E-state index contributed by atoms with van der Waals surface area (Å²) in [7, 11) is 0. The lowest BCUT2D eigenvalue weighted by Gasteiger charge is -2.22. The van der Waals surface area contributed by atoms with Crippen LogP contribution in [0.1, 0.15) is 36.5 Å². The first-order chi connectivity index (χ1) is 10.2. The zero-order valence-corrected chi connectivity index (χ0v) is 12.4. The molecule has 0 aromatic heterocycles. The minimum Gasteiger partial charge on any atom is -0.352 e. The molecule has 0 bridgehead atoms. The number of anilines is 1. The molecule has 21 heavy (non-hydrogen) atoms. The lowest BCUT2D eigenvalue weighted by molar-refractivity contribution is -0.117. The number of amides is 2. The van der Waals surface area contributed by atoms with Gasteiger partial charge in [0, 0.05) is 24.2 Å². The van der Waals surface area contributed by atoms with Crippen LogP contribution < -0.4 is 16.0 Å². The second kappa shape index (κ2) is 7.78. The highest BCUT2D eigenvalue weighted by atomic mass is 16.2. The Hall–Kier alpha value is -1.88. The quantitative estimate of drug-likeness (QED) is 0.773. The number of nitrogens with one attached hydrogen (secondary N) is 3. The van der Waals surface area contributed by atoms with Gasteiger partial charge in [0.25, 0.3) is 5.91 Å². The van der Waals surface area contributed by atoms with Crippen molar-refractivity contribution in [2.24, 2.45) is 5.92 Å². The molecule has 1 unspecified atom stereocenters. The van der Waals surface area contributed by atoms with E-state index in [0.717, 1.165) is 25.9 Å². The number of hydrogen-bond donors (Lipinski definition) is 3. The van der Waals surface area contributed by atoms with Gasteiger partial charge in [-0.05, 0) is 57.0 Å². The molecule has 1 atom stereocenters. The van der Waals surface area contributed by atoms with Gasteiger partial charge in [-0.3, -0.25) is 9.59 Å². The van der Waals surface area contributed by atoms with E-state index in [-0.39, 0.29) is 11.8 Å². The van der Waals surface area contributed by atoms with E-state index < -0.39 is 0 Å². The first kappa shape index (κ1) is 15.5. The summed E-state index contributed by atoms with van der Waals surface area (Å²) < 4.78 is 0. The molecule has 0 spiro atoms. The SMILES string of the molecule is CCNC(=O)c1cccc(NC(=O)CC2CCCNC2)c1. The second-order valence-corrected chi connectivity index (χ2v) is 5.40. The first-order valence-electron chi connectivity index (χ1n) is 7.58. The zero-order valence-electron chi connectivity index (χ0n) is 12.4. The van der Waals surface area contributed by atoms with Crippen LogP contribution in [0.4, 0.5) is 5.69 Å². The summed E-state index contributed by atoms with van der Waals surface area (Å²) in [6.07, 6.45) is 2.75. The van der Waals surface area contributed by atoms with Gasteiger partial charge in [-0.25, -0.2) is 0 Å². The van der Waals surface area contributed by atoms with E-state index in [1.807, 2.05) is 6.92 Å². The van der Waals surface area contributed by atoms with Gasteiger partial charge < -0.3 is 16.0 Å². The molecule has 5 heteroatoms. The van der Waals surface area contributed by atoms with Gasteiger partial charge in [0.15, 0.2) is 0 Å². The van der Waals surface area contributed by atoms with Crippen molar-refractivity contribution < 1.29 is 9.59 Å². The van der Waals surface area contributed by atoms with Gasteiger partial charge in [0.2, 0.25) is 5.91 Å². The summed E-state index contributed by atoms with van der Waals surface area (Å²) in [6.45, 7) is 4.42. The van der Waals surface area contributed by atoms with E-state index >= 15 is 0 Å². The highest BCUT2D eigenvalue weighted by Crippen LogP contribution is 2.16. The normalized spacial score (nSPS) is 18.0. The number of hydrogen-bond acceptors (Lipinski definition) is 3. The molecule has 0 radical (unpaired) electrons. The largest absolute Gasteiger partial charge is 0.352 e. The second-order valence-electron chi connectivity index (χ2n) is 5.40. The predicted octanol–water partition coefficient (Wildman–Crippen LogP) is 1.76. The minimum absolute atomic E-state index is 0.0109.